The first-order valence-corrected chi connectivity index (χ1v) is 26.0. The molecule has 0 amide bonds. The summed E-state index contributed by atoms with van der Waals surface area (Å²) in [6.45, 7) is 10.7. The van der Waals surface area contributed by atoms with Crippen molar-refractivity contribution in [2.45, 2.75) is 245 Å². The van der Waals surface area contributed by atoms with Crippen molar-refractivity contribution < 1.29 is 13.6 Å². The molecular weight excluding hydrogens is 672 g/mol. The first kappa shape index (κ1) is 46.6. The van der Waals surface area contributed by atoms with E-state index in [1.807, 2.05) is 0 Å². The van der Waals surface area contributed by atoms with Gasteiger partial charge >= 0.3 is 8.56 Å². The molecule has 3 nitrogen and oxygen atoms in total. The second kappa shape index (κ2) is 34.7. The van der Waals surface area contributed by atoms with Crippen molar-refractivity contribution in [2.24, 2.45) is 11.8 Å². The number of hydrogen-bond donors (Lipinski definition) is 0. The van der Waals surface area contributed by atoms with Gasteiger partial charge in [0.1, 0.15) is 6.29 Å². The molecule has 0 spiro atoms. The molecule has 1 fully saturated rings. The fraction of sp³-hybridized carbons (Fsp3) is 1.00. The molecule has 3 atom stereocenters. The highest BCUT2D eigenvalue weighted by Crippen LogP contribution is 2.45. The summed E-state index contributed by atoms with van der Waals surface area (Å²) in [6, 6.07) is 0. The molecule has 1 aliphatic rings. The number of ether oxygens (including phenoxy) is 1. The predicted molar refractivity (Wildman–Crippen MR) is 219 cm³/mol. The Kier molecular flexibility index (Phi) is 33.6. The summed E-state index contributed by atoms with van der Waals surface area (Å²) in [4.78, 5) is 0. The molecule has 288 valence electrons. The van der Waals surface area contributed by atoms with E-state index in [0.29, 0.717) is 0 Å². The van der Waals surface area contributed by atoms with Crippen LogP contribution in [0, 0.1) is 11.8 Å². The zero-order valence-corrected chi connectivity index (χ0v) is 35.9. The smallest absolute Gasteiger partial charge is 0.333 e. The quantitative estimate of drug-likeness (QED) is 0.0269. The van der Waals surface area contributed by atoms with Gasteiger partial charge in [-0.05, 0) is 63.5 Å². The SMILES string of the molecule is CCCCCCCCCCCCCCCC(OCCCCCCCCC1CC1CCCCCCCC)O[Si](C)(C)OCCCCCCBr. The summed E-state index contributed by atoms with van der Waals surface area (Å²) >= 11 is 3.54. The van der Waals surface area contributed by atoms with Gasteiger partial charge in [0.25, 0.3) is 0 Å². The summed E-state index contributed by atoms with van der Waals surface area (Å²) in [5.74, 6) is 2.17. The minimum absolute atomic E-state index is 0.0874. The van der Waals surface area contributed by atoms with Crippen LogP contribution in [-0.4, -0.2) is 33.4 Å². The average Bonchev–Trinajstić information content (AvgIpc) is 3.83. The van der Waals surface area contributed by atoms with Crippen LogP contribution in [0.15, 0.2) is 0 Å². The Balaban J connectivity index is 2.15. The van der Waals surface area contributed by atoms with E-state index >= 15 is 0 Å². The second-order valence-electron chi connectivity index (χ2n) is 16.0. The molecule has 0 bridgehead atoms. The van der Waals surface area contributed by atoms with Gasteiger partial charge in [-0.25, -0.2) is 0 Å². The van der Waals surface area contributed by atoms with Crippen molar-refractivity contribution in [2.75, 3.05) is 18.5 Å². The summed E-state index contributed by atoms with van der Waals surface area (Å²) in [7, 11) is -2.19. The molecule has 0 aromatic heterocycles. The third kappa shape index (κ3) is 31.3. The lowest BCUT2D eigenvalue weighted by atomic mass is 10.0. The van der Waals surface area contributed by atoms with Crippen molar-refractivity contribution in [3.05, 3.63) is 0 Å². The topological polar surface area (TPSA) is 27.7 Å². The molecular formula is C43H87BrO3Si. The van der Waals surface area contributed by atoms with Gasteiger partial charge in [-0.1, -0.05) is 203 Å². The molecule has 0 aromatic carbocycles. The molecule has 1 saturated carbocycles. The molecule has 0 radical (unpaired) electrons. The van der Waals surface area contributed by atoms with E-state index in [2.05, 4.69) is 42.9 Å². The van der Waals surface area contributed by atoms with E-state index in [4.69, 9.17) is 13.6 Å². The zero-order valence-electron chi connectivity index (χ0n) is 33.3. The number of alkyl halides is 1. The second-order valence-corrected chi connectivity index (χ2v) is 20.1. The third-order valence-electron chi connectivity index (χ3n) is 10.7. The molecule has 0 aliphatic heterocycles. The van der Waals surface area contributed by atoms with Gasteiger partial charge in [0.15, 0.2) is 0 Å². The van der Waals surface area contributed by atoms with Crippen LogP contribution in [0.4, 0.5) is 0 Å². The first-order chi connectivity index (χ1) is 23.5. The fourth-order valence-electron chi connectivity index (χ4n) is 7.36. The lowest BCUT2D eigenvalue weighted by molar-refractivity contribution is -0.104. The first-order valence-electron chi connectivity index (χ1n) is 22.0. The van der Waals surface area contributed by atoms with Crippen molar-refractivity contribution in [3.8, 4) is 0 Å². The van der Waals surface area contributed by atoms with E-state index < -0.39 is 8.56 Å². The van der Waals surface area contributed by atoms with Crippen LogP contribution < -0.4 is 0 Å². The molecule has 5 heteroatoms. The lowest BCUT2D eigenvalue weighted by Crippen LogP contribution is -2.40. The molecule has 48 heavy (non-hydrogen) atoms. The fourth-order valence-corrected chi connectivity index (χ4v) is 9.28. The Morgan fingerprint density at radius 3 is 1.38 bits per heavy atom. The molecule has 3 unspecified atom stereocenters. The van der Waals surface area contributed by atoms with Crippen LogP contribution in [0.3, 0.4) is 0 Å². The van der Waals surface area contributed by atoms with Crippen LogP contribution in [0.25, 0.3) is 0 Å². The molecule has 0 aromatic rings. The summed E-state index contributed by atoms with van der Waals surface area (Å²) in [5.41, 5.74) is 0. The maximum Gasteiger partial charge on any atom is 0.333 e. The summed E-state index contributed by atoms with van der Waals surface area (Å²) in [6.07, 6.45) is 45.3. The Bertz CT molecular complexity index is 648. The van der Waals surface area contributed by atoms with Crippen molar-refractivity contribution >= 4 is 24.5 Å². The van der Waals surface area contributed by atoms with Crippen LogP contribution in [-0.2, 0) is 13.6 Å². The number of hydrogen-bond acceptors (Lipinski definition) is 3. The van der Waals surface area contributed by atoms with E-state index in [1.54, 1.807) is 0 Å². The molecule has 0 saturated heterocycles. The average molecular weight is 760 g/mol. The highest BCUT2D eigenvalue weighted by atomic mass is 79.9. The number of rotatable bonds is 40. The van der Waals surface area contributed by atoms with Crippen LogP contribution in [0.5, 0.6) is 0 Å². The standard InChI is InChI=1S/C43H87BrO3Si/c1-5-7-9-11-13-14-15-16-17-18-19-24-30-36-43(47-48(3,4)46-39-33-27-25-31-37-44)45-38-32-26-21-20-23-29-35-42-40-41(42)34-28-22-12-10-8-6-2/h41-43H,5-40H2,1-4H3. The molecule has 0 heterocycles. The van der Waals surface area contributed by atoms with Crippen LogP contribution >= 0.6 is 15.9 Å². The van der Waals surface area contributed by atoms with Gasteiger partial charge in [0.2, 0.25) is 0 Å². The van der Waals surface area contributed by atoms with Crippen molar-refractivity contribution in [1.82, 2.24) is 0 Å². The van der Waals surface area contributed by atoms with Gasteiger partial charge in [0, 0.05) is 18.5 Å². The lowest BCUT2D eigenvalue weighted by Gasteiger charge is -2.29. The van der Waals surface area contributed by atoms with Gasteiger partial charge in [-0.3, -0.25) is 0 Å². The molecule has 1 rings (SSSR count). The Morgan fingerprint density at radius 2 is 0.896 bits per heavy atom. The highest BCUT2D eigenvalue weighted by Gasteiger charge is 2.35. The normalized spacial score (nSPS) is 16.9. The zero-order chi connectivity index (χ0) is 34.8. The van der Waals surface area contributed by atoms with Gasteiger partial charge in [0.05, 0.1) is 0 Å². The summed E-state index contributed by atoms with van der Waals surface area (Å²) < 4.78 is 19.3. The van der Waals surface area contributed by atoms with Crippen molar-refractivity contribution in [1.29, 1.82) is 0 Å². The van der Waals surface area contributed by atoms with Crippen molar-refractivity contribution in [3.63, 3.8) is 0 Å². The van der Waals surface area contributed by atoms with Crippen LogP contribution in [0.1, 0.15) is 226 Å². The Labute approximate surface area is 312 Å². The van der Waals surface area contributed by atoms with E-state index in [1.165, 1.54) is 193 Å². The Hall–Kier alpha value is 0.577. The monoisotopic (exact) mass is 759 g/mol. The van der Waals surface area contributed by atoms with E-state index in [9.17, 15) is 0 Å². The maximum absolute atomic E-state index is 6.60. The minimum atomic E-state index is -2.19. The van der Waals surface area contributed by atoms with Gasteiger partial charge in [-0.2, -0.15) is 0 Å². The van der Waals surface area contributed by atoms with Gasteiger partial charge in [-0.15, -0.1) is 0 Å². The molecule has 0 N–H and O–H groups in total. The third-order valence-corrected chi connectivity index (χ3v) is 13.0. The Morgan fingerprint density at radius 1 is 0.500 bits per heavy atom. The largest absolute Gasteiger partial charge is 0.394 e. The number of unbranched alkanes of at least 4 members (excludes halogenated alkanes) is 25. The predicted octanol–water partition coefficient (Wildman–Crippen LogP) is 15.6. The molecule has 1 aliphatic carbocycles. The highest BCUT2D eigenvalue weighted by molar-refractivity contribution is 9.09. The van der Waals surface area contributed by atoms with Crippen LogP contribution in [0.2, 0.25) is 13.1 Å². The van der Waals surface area contributed by atoms with E-state index in [0.717, 1.165) is 49.6 Å². The summed E-state index contributed by atoms with van der Waals surface area (Å²) in [5, 5.41) is 1.11. The number of halogens is 1. The van der Waals surface area contributed by atoms with Gasteiger partial charge < -0.3 is 13.6 Å². The minimum Gasteiger partial charge on any atom is -0.394 e. The maximum atomic E-state index is 6.60. The van der Waals surface area contributed by atoms with E-state index in [-0.39, 0.29) is 6.29 Å².